The van der Waals surface area contributed by atoms with Gasteiger partial charge in [0.2, 0.25) is 10.0 Å². The van der Waals surface area contributed by atoms with Crippen molar-refractivity contribution < 1.29 is 8.42 Å². The predicted octanol–water partition coefficient (Wildman–Crippen LogP) is 0.981. The largest absolute Gasteiger partial charge is 0.352 e. The first-order chi connectivity index (χ1) is 9.46. The van der Waals surface area contributed by atoms with Gasteiger partial charge in [-0.25, -0.2) is 18.1 Å². The first-order valence-electron chi connectivity index (χ1n) is 6.24. The lowest BCUT2D eigenvalue weighted by Crippen LogP contribution is -2.22. The highest BCUT2D eigenvalue weighted by Crippen LogP contribution is 2.16. The highest BCUT2D eigenvalue weighted by Gasteiger charge is 2.17. The number of sulfonamides is 1. The van der Waals surface area contributed by atoms with Gasteiger partial charge in [-0.3, -0.25) is 0 Å². The van der Waals surface area contributed by atoms with Crippen LogP contribution < -0.4 is 10.5 Å². The van der Waals surface area contributed by atoms with E-state index < -0.39 is 10.0 Å². The molecule has 0 radical (unpaired) electrons. The lowest BCUT2D eigenvalue weighted by Gasteiger charge is -2.02. The third kappa shape index (κ3) is 3.26. The molecule has 110 valence electrons. The molecule has 0 aliphatic carbocycles. The van der Waals surface area contributed by atoms with Crippen LogP contribution >= 0.6 is 11.3 Å². The van der Waals surface area contributed by atoms with Crippen LogP contribution in [-0.2, 0) is 36.6 Å². The summed E-state index contributed by atoms with van der Waals surface area (Å²) in [5.41, 5.74) is 6.32. The van der Waals surface area contributed by atoms with Crippen molar-refractivity contribution in [3.63, 3.8) is 0 Å². The Bertz CT molecular complexity index is 688. The van der Waals surface area contributed by atoms with Crippen LogP contribution in [0.4, 0.5) is 0 Å². The van der Waals surface area contributed by atoms with Gasteiger partial charge in [0.05, 0.1) is 11.4 Å². The Morgan fingerprint density at radius 1 is 1.50 bits per heavy atom. The molecular weight excluding hydrogens is 296 g/mol. The second-order valence-electron chi connectivity index (χ2n) is 4.38. The van der Waals surface area contributed by atoms with E-state index in [4.69, 9.17) is 5.73 Å². The molecule has 2 aromatic rings. The zero-order chi connectivity index (χ0) is 14.8. The van der Waals surface area contributed by atoms with Crippen LogP contribution in [0.3, 0.4) is 0 Å². The summed E-state index contributed by atoms with van der Waals surface area (Å²) < 4.78 is 28.6. The van der Waals surface area contributed by atoms with Crippen LogP contribution in [0, 0.1) is 0 Å². The first-order valence-corrected chi connectivity index (χ1v) is 8.54. The van der Waals surface area contributed by atoms with E-state index in [0.29, 0.717) is 6.54 Å². The van der Waals surface area contributed by atoms with Crippen molar-refractivity contribution in [1.82, 2.24) is 14.3 Å². The van der Waals surface area contributed by atoms with E-state index in [1.54, 1.807) is 30.1 Å². The number of hydrogen-bond acceptors (Lipinski definition) is 5. The molecule has 0 saturated heterocycles. The Labute approximate surface area is 122 Å². The minimum absolute atomic E-state index is 0.208. The summed E-state index contributed by atoms with van der Waals surface area (Å²) in [5.74, 6) is 0. The van der Waals surface area contributed by atoms with Gasteiger partial charge in [-0.2, -0.15) is 0 Å². The third-order valence-electron chi connectivity index (χ3n) is 2.97. The zero-order valence-corrected chi connectivity index (χ0v) is 13.1. The number of aryl methyl sites for hydroxylation is 2. The molecule has 2 heterocycles. The molecule has 20 heavy (non-hydrogen) atoms. The minimum atomic E-state index is -3.53. The van der Waals surface area contributed by atoms with Crippen LogP contribution in [0.2, 0.25) is 0 Å². The van der Waals surface area contributed by atoms with E-state index in [1.807, 2.05) is 6.92 Å². The van der Waals surface area contributed by atoms with Crippen molar-refractivity contribution >= 4 is 21.4 Å². The average molecular weight is 314 g/mol. The number of hydrogen-bond donors (Lipinski definition) is 2. The molecule has 2 aromatic heterocycles. The molecule has 0 unspecified atom stereocenters. The first kappa shape index (κ1) is 15.2. The lowest BCUT2D eigenvalue weighted by molar-refractivity contribution is 0.581. The summed E-state index contributed by atoms with van der Waals surface area (Å²) >= 11 is 1.52. The SMILES string of the molecule is CCc1cnc(CNS(=O)(=O)c2cc(CN)n(C)c2)s1. The maximum Gasteiger partial charge on any atom is 0.242 e. The summed E-state index contributed by atoms with van der Waals surface area (Å²) in [4.78, 5) is 5.56. The van der Waals surface area contributed by atoms with Crippen molar-refractivity contribution in [3.05, 3.63) is 34.0 Å². The van der Waals surface area contributed by atoms with Crippen LogP contribution in [0.1, 0.15) is 22.5 Å². The summed E-state index contributed by atoms with van der Waals surface area (Å²) in [6.07, 6.45) is 4.25. The van der Waals surface area contributed by atoms with E-state index in [-0.39, 0.29) is 11.4 Å². The van der Waals surface area contributed by atoms with Crippen LogP contribution in [0.25, 0.3) is 0 Å². The molecule has 0 bridgehead atoms. The maximum absolute atomic E-state index is 12.2. The summed E-state index contributed by atoms with van der Waals surface area (Å²) in [5, 5.41) is 0.764. The monoisotopic (exact) mass is 314 g/mol. The number of rotatable bonds is 6. The van der Waals surface area contributed by atoms with Gasteiger partial charge in [0, 0.05) is 36.6 Å². The number of thiazole rings is 1. The van der Waals surface area contributed by atoms with Gasteiger partial charge >= 0.3 is 0 Å². The molecule has 0 spiro atoms. The van der Waals surface area contributed by atoms with Gasteiger partial charge in [0.15, 0.2) is 0 Å². The molecular formula is C12H18N4O2S2. The highest BCUT2D eigenvalue weighted by molar-refractivity contribution is 7.89. The van der Waals surface area contributed by atoms with Crippen molar-refractivity contribution in [2.24, 2.45) is 12.8 Å². The Balaban J connectivity index is 2.10. The Kier molecular flexibility index (Phi) is 4.59. The molecule has 0 fully saturated rings. The third-order valence-corrected chi connectivity index (χ3v) is 5.48. The van der Waals surface area contributed by atoms with Crippen molar-refractivity contribution in [1.29, 1.82) is 0 Å². The van der Waals surface area contributed by atoms with E-state index in [2.05, 4.69) is 9.71 Å². The Morgan fingerprint density at radius 2 is 2.25 bits per heavy atom. The quantitative estimate of drug-likeness (QED) is 0.831. The fourth-order valence-corrected chi connectivity index (χ4v) is 3.74. The highest BCUT2D eigenvalue weighted by atomic mass is 32.2. The van der Waals surface area contributed by atoms with E-state index in [1.165, 1.54) is 11.3 Å². The average Bonchev–Trinajstić information content (AvgIpc) is 3.02. The minimum Gasteiger partial charge on any atom is -0.352 e. The Morgan fingerprint density at radius 3 is 2.80 bits per heavy atom. The lowest BCUT2D eigenvalue weighted by atomic mass is 10.4. The van der Waals surface area contributed by atoms with Crippen LogP contribution in [0.15, 0.2) is 23.4 Å². The van der Waals surface area contributed by atoms with Gasteiger partial charge in [0.1, 0.15) is 5.01 Å². The van der Waals surface area contributed by atoms with Crippen LogP contribution in [0.5, 0.6) is 0 Å². The smallest absolute Gasteiger partial charge is 0.242 e. The van der Waals surface area contributed by atoms with Crippen molar-refractivity contribution in [2.45, 2.75) is 31.3 Å². The van der Waals surface area contributed by atoms with Crippen molar-refractivity contribution in [3.8, 4) is 0 Å². The van der Waals surface area contributed by atoms with Gasteiger partial charge < -0.3 is 10.3 Å². The number of nitrogens with zero attached hydrogens (tertiary/aromatic N) is 2. The summed E-state index contributed by atoms with van der Waals surface area (Å²) in [6.45, 7) is 2.55. The fraction of sp³-hybridized carbons (Fsp3) is 0.417. The molecule has 0 aliphatic heterocycles. The van der Waals surface area contributed by atoms with Gasteiger partial charge in [-0.05, 0) is 12.5 Å². The molecule has 3 N–H and O–H groups in total. The number of aromatic nitrogens is 2. The van der Waals surface area contributed by atoms with E-state index in [9.17, 15) is 8.42 Å². The predicted molar refractivity (Wildman–Crippen MR) is 78.8 cm³/mol. The molecule has 8 heteroatoms. The topological polar surface area (TPSA) is 90.0 Å². The zero-order valence-electron chi connectivity index (χ0n) is 11.5. The van der Waals surface area contributed by atoms with Gasteiger partial charge in [0.25, 0.3) is 0 Å². The molecule has 0 atom stereocenters. The fourth-order valence-electron chi connectivity index (χ4n) is 1.76. The van der Waals surface area contributed by atoms with Gasteiger partial charge in [-0.1, -0.05) is 6.92 Å². The van der Waals surface area contributed by atoms with Gasteiger partial charge in [-0.15, -0.1) is 11.3 Å². The maximum atomic E-state index is 12.2. The number of nitrogens with one attached hydrogen (secondary N) is 1. The molecule has 0 saturated carbocycles. The molecule has 6 nitrogen and oxygen atoms in total. The molecule has 0 aliphatic rings. The summed E-state index contributed by atoms with van der Waals surface area (Å²) in [6, 6.07) is 1.58. The van der Waals surface area contributed by atoms with Crippen molar-refractivity contribution in [2.75, 3.05) is 0 Å². The second-order valence-corrected chi connectivity index (χ2v) is 7.35. The number of nitrogens with two attached hydrogens (primary N) is 1. The standard InChI is InChI=1S/C12H18N4O2S2/c1-3-10-6-14-12(19-10)7-15-20(17,18)11-4-9(5-13)16(2)8-11/h4,6,8,15H,3,5,7,13H2,1-2H3. The molecule has 0 amide bonds. The second kappa shape index (κ2) is 6.04. The van der Waals surface area contributed by atoms with E-state index in [0.717, 1.165) is 22.0 Å². The van der Waals surface area contributed by atoms with E-state index >= 15 is 0 Å². The molecule has 2 rings (SSSR count). The Hall–Kier alpha value is -1.22. The van der Waals surface area contributed by atoms with Crippen LogP contribution in [-0.4, -0.2) is 18.0 Å². The normalized spacial score (nSPS) is 11.9. The molecule has 0 aromatic carbocycles. The summed E-state index contributed by atoms with van der Waals surface area (Å²) in [7, 11) is -1.75.